The van der Waals surface area contributed by atoms with Crippen molar-refractivity contribution < 1.29 is 9.90 Å². The molecule has 4 nitrogen and oxygen atoms in total. The third-order valence-electron chi connectivity index (χ3n) is 4.17. The second kappa shape index (κ2) is 6.53. The van der Waals surface area contributed by atoms with E-state index < -0.39 is 12.0 Å². The Kier molecular flexibility index (Phi) is 5.60. The van der Waals surface area contributed by atoms with Crippen molar-refractivity contribution in [2.45, 2.75) is 52.6 Å². The van der Waals surface area contributed by atoms with Crippen LogP contribution in [0.25, 0.3) is 0 Å². The molecule has 4 heteroatoms. The minimum absolute atomic E-state index is 0.272. The fraction of sp³-hybridized carbons (Fsp3) is 0.929. The van der Waals surface area contributed by atoms with Crippen molar-refractivity contribution >= 4 is 5.91 Å². The molecule has 0 bridgehead atoms. The molecule has 18 heavy (non-hydrogen) atoms. The first-order valence-corrected chi connectivity index (χ1v) is 6.98. The van der Waals surface area contributed by atoms with Gasteiger partial charge in [-0.25, -0.2) is 0 Å². The van der Waals surface area contributed by atoms with E-state index in [1.165, 1.54) is 25.7 Å². The van der Waals surface area contributed by atoms with E-state index in [0.29, 0.717) is 11.3 Å². The van der Waals surface area contributed by atoms with Gasteiger partial charge < -0.3 is 16.2 Å². The van der Waals surface area contributed by atoms with Gasteiger partial charge in [-0.2, -0.15) is 0 Å². The molecule has 1 aliphatic carbocycles. The third-order valence-corrected chi connectivity index (χ3v) is 4.17. The maximum atomic E-state index is 10.7. The number of hydrogen-bond acceptors (Lipinski definition) is 3. The van der Waals surface area contributed by atoms with E-state index in [1.807, 2.05) is 0 Å². The molecule has 1 unspecified atom stereocenters. The fourth-order valence-electron chi connectivity index (χ4n) is 2.76. The molecule has 1 saturated carbocycles. The molecular weight excluding hydrogens is 228 g/mol. The Hall–Kier alpha value is -0.610. The zero-order valence-electron chi connectivity index (χ0n) is 11.9. The first kappa shape index (κ1) is 15.4. The lowest BCUT2D eigenvalue weighted by molar-refractivity contribution is -0.125. The van der Waals surface area contributed by atoms with E-state index in [9.17, 15) is 9.90 Å². The van der Waals surface area contributed by atoms with E-state index in [-0.39, 0.29) is 6.54 Å². The van der Waals surface area contributed by atoms with Crippen LogP contribution in [0.1, 0.15) is 46.5 Å². The molecule has 0 radical (unpaired) electrons. The summed E-state index contributed by atoms with van der Waals surface area (Å²) in [4.78, 5) is 10.7. The van der Waals surface area contributed by atoms with Gasteiger partial charge in [0.05, 0.1) is 0 Å². The molecule has 0 aromatic rings. The Balaban J connectivity index is 2.18. The highest BCUT2D eigenvalue weighted by Gasteiger charge is 2.29. The van der Waals surface area contributed by atoms with Crippen molar-refractivity contribution in [2.75, 3.05) is 13.1 Å². The normalized spacial score (nSPS) is 26.9. The first-order valence-electron chi connectivity index (χ1n) is 6.98. The summed E-state index contributed by atoms with van der Waals surface area (Å²) >= 11 is 0. The maximum Gasteiger partial charge on any atom is 0.247 e. The molecule has 0 aliphatic heterocycles. The number of primary amides is 1. The summed E-state index contributed by atoms with van der Waals surface area (Å²) < 4.78 is 0. The SMILES string of the molecule is CC(C)(C)C1CCC(CNCC(O)C(N)=O)CC1. The average Bonchev–Trinajstić information content (AvgIpc) is 2.28. The number of carbonyl (C=O) groups is 1. The number of hydrogen-bond donors (Lipinski definition) is 3. The molecule has 1 rings (SSSR count). The van der Waals surface area contributed by atoms with Crippen LogP contribution in [0.3, 0.4) is 0 Å². The quantitative estimate of drug-likeness (QED) is 0.693. The van der Waals surface area contributed by atoms with Crippen molar-refractivity contribution in [1.82, 2.24) is 5.32 Å². The highest BCUT2D eigenvalue weighted by atomic mass is 16.3. The number of carbonyl (C=O) groups excluding carboxylic acids is 1. The van der Waals surface area contributed by atoms with Crippen molar-refractivity contribution in [3.8, 4) is 0 Å². The number of amides is 1. The Morgan fingerprint density at radius 1 is 1.33 bits per heavy atom. The lowest BCUT2D eigenvalue weighted by Crippen LogP contribution is -2.40. The van der Waals surface area contributed by atoms with Crippen molar-refractivity contribution in [1.29, 1.82) is 0 Å². The highest BCUT2D eigenvalue weighted by Crippen LogP contribution is 2.39. The zero-order valence-corrected chi connectivity index (χ0v) is 11.9. The van der Waals surface area contributed by atoms with Gasteiger partial charge in [0.2, 0.25) is 5.91 Å². The van der Waals surface area contributed by atoms with E-state index in [2.05, 4.69) is 26.1 Å². The van der Waals surface area contributed by atoms with Gasteiger partial charge in [0.15, 0.2) is 0 Å². The first-order chi connectivity index (χ1) is 8.30. The number of aliphatic hydroxyl groups is 1. The minimum Gasteiger partial charge on any atom is -0.382 e. The van der Waals surface area contributed by atoms with Crippen LogP contribution in [0.2, 0.25) is 0 Å². The van der Waals surface area contributed by atoms with Crippen molar-refractivity contribution in [2.24, 2.45) is 23.0 Å². The third kappa shape index (κ3) is 4.94. The zero-order chi connectivity index (χ0) is 13.8. The van der Waals surface area contributed by atoms with E-state index in [1.54, 1.807) is 0 Å². The number of nitrogens with two attached hydrogens (primary N) is 1. The topological polar surface area (TPSA) is 75.3 Å². The summed E-state index contributed by atoms with van der Waals surface area (Å²) in [5, 5.41) is 12.4. The van der Waals surface area contributed by atoms with E-state index in [4.69, 9.17) is 5.73 Å². The monoisotopic (exact) mass is 256 g/mol. The van der Waals surface area contributed by atoms with Gasteiger partial charge in [-0.1, -0.05) is 20.8 Å². The van der Waals surface area contributed by atoms with Gasteiger partial charge in [0.25, 0.3) is 0 Å². The molecule has 0 spiro atoms. The summed E-state index contributed by atoms with van der Waals surface area (Å²) in [7, 11) is 0. The van der Waals surface area contributed by atoms with Crippen LogP contribution in [0, 0.1) is 17.3 Å². The lowest BCUT2D eigenvalue weighted by atomic mass is 9.70. The van der Waals surface area contributed by atoms with Crippen LogP contribution in [0.4, 0.5) is 0 Å². The molecule has 1 amide bonds. The number of nitrogens with one attached hydrogen (secondary N) is 1. The highest BCUT2D eigenvalue weighted by molar-refractivity contribution is 5.78. The van der Waals surface area contributed by atoms with Gasteiger partial charge in [-0.15, -0.1) is 0 Å². The van der Waals surface area contributed by atoms with Crippen molar-refractivity contribution in [3.05, 3.63) is 0 Å². The summed E-state index contributed by atoms with van der Waals surface area (Å²) in [5.41, 5.74) is 5.41. The lowest BCUT2D eigenvalue weighted by Gasteiger charge is -2.37. The molecule has 1 aliphatic rings. The van der Waals surface area contributed by atoms with Gasteiger partial charge in [-0.3, -0.25) is 4.79 Å². The second-order valence-corrected chi connectivity index (χ2v) is 6.66. The van der Waals surface area contributed by atoms with Crippen LogP contribution < -0.4 is 11.1 Å². The summed E-state index contributed by atoms with van der Waals surface area (Å²) in [6.45, 7) is 8.11. The average molecular weight is 256 g/mol. The molecule has 0 saturated heterocycles. The molecule has 106 valence electrons. The summed E-state index contributed by atoms with van der Waals surface area (Å²) in [6.07, 6.45) is 3.99. The van der Waals surface area contributed by atoms with Crippen LogP contribution >= 0.6 is 0 Å². The molecule has 0 aromatic heterocycles. The van der Waals surface area contributed by atoms with Crippen LogP contribution in [-0.2, 0) is 4.79 Å². The minimum atomic E-state index is -1.06. The Morgan fingerprint density at radius 2 is 1.89 bits per heavy atom. The second-order valence-electron chi connectivity index (χ2n) is 6.66. The molecule has 1 atom stereocenters. The molecule has 0 aromatic carbocycles. The van der Waals surface area contributed by atoms with Gasteiger partial charge in [-0.05, 0) is 49.5 Å². The van der Waals surface area contributed by atoms with Gasteiger partial charge in [0, 0.05) is 6.54 Å². The Morgan fingerprint density at radius 3 is 2.33 bits per heavy atom. The number of rotatable bonds is 5. The fourth-order valence-corrected chi connectivity index (χ4v) is 2.76. The molecule has 4 N–H and O–H groups in total. The Bertz CT molecular complexity index is 265. The van der Waals surface area contributed by atoms with Crippen LogP contribution in [0.5, 0.6) is 0 Å². The predicted octanol–water partition coefficient (Wildman–Crippen LogP) is 1.27. The van der Waals surface area contributed by atoms with Crippen LogP contribution in [0.15, 0.2) is 0 Å². The van der Waals surface area contributed by atoms with Gasteiger partial charge >= 0.3 is 0 Å². The Labute approximate surface area is 110 Å². The maximum absolute atomic E-state index is 10.7. The summed E-state index contributed by atoms with van der Waals surface area (Å²) in [6, 6.07) is 0. The van der Waals surface area contributed by atoms with E-state index >= 15 is 0 Å². The smallest absolute Gasteiger partial charge is 0.247 e. The number of aliphatic hydroxyl groups excluding tert-OH is 1. The van der Waals surface area contributed by atoms with Crippen LogP contribution in [-0.4, -0.2) is 30.2 Å². The summed E-state index contributed by atoms with van der Waals surface area (Å²) in [5.74, 6) is 0.840. The predicted molar refractivity (Wildman–Crippen MR) is 73.0 cm³/mol. The van der Waals surface area contributed by atoms with Crippen molar-refractivity contribution in [3.63, 3.8) is 0 Å². The molecule has 0 heterocycles. The standard InChI is InChI=1S/C14H28N2O2/c1-14(2,3)11-6-4-10(5-7-11)8-16-9-12(17)13(15)18/h10-12,16-17H,4-9H2,1-3H3,(H2,15,18). The van der Waals surface area contributed by atoms with Gasteiger partial charge in [0.1, 0.15) is 6.10 Å². The van der Waals surface area contributed by atoms with E-state index in [0.717, 1.165) is 12.5 Å². The molecule has 1 fully saturated rings. The molecular formula is C14H28N2O2. The largest absolute Gasteiger partial charge is 0.382 e.